The Labute approximate surface area is 172 Å². The molecule has 0 bridgehead atoms. The van der Waals surface area contributed by atoms with E-state index in [1.807, 2.05) is 41.8 Å². The Morgan fingerprint density at radius 2 is 2.07 bits per heavy atom. The van der Waals surface area contributed by atoms with E-state index >= 15 is 0 Å². The van der Waals surface area contributed by atoms with E-state index in [9.17, 15) is 4.79 Å². The van der Waals surface area contributed by atoms with E-state index in [4.69, 9.17) is 8.94 Å². The second kappa shape index (κ2) is 7.97. The van der Waals surface area contributed by atoms with Crippen LogP contribution in [0.25, 0.3) is 21.6 Å². The Bertz CT molecular complexity index is 1160. The fourth-order valence-electron chi connectivity index (χ4n) is 4.12. The van der Waals surface area contributed by atoms with Gasteiger partial charge in [0.05, 0.1) is 22.6 Å². The maximum atomic E-state index is 13.0. The third-order valence-electron chi connectivity index (χ3n) is 5.62. The van der Waals surface area contributed by atoms with Crippen molar-refractivity contribution in [2.75, 3.05) is 6.54 Å². The molecule has 0 spiro atoms. The van der Waals surface area contributed by atoms with Gasteiger partial charge in [-0.1, -0.05) is 36.2 Å². The number of aromatic nitrogens is 1. The van der Waals surface area contributed by atoms with Gasteiger partial charge >= 0.3 is 0 Å². The van der Waals surface area contributed by atoms with Crippen LogP contribution >= 0.6 is 11.3 Å². The standard InChI is InChI=1S/C23H22N2O3S/c26-23-16(15-27-20-9-4-3-7-17(20)23)14-25-11-5-1-2-8-19(25)18-13-21(28-24-18)22-10-6-12-29-22/h3-4,6-7,9-10,12-13,15,19H,1-2,5,8,11,14H2/t19-/m1/s1. The van der Waals surface area contributed by atoms with Gasteiger partial charge in [0.25, 0.3) is 0 Å². The van der Waals surface area contributed by atoms with Gasteiger partial charge in [0.15, 0.2) is 11.2 Å². The summed E-state index contributed by atoms with van der Waals surface area (Å²) in [7, 11) is 0. The normalized spacial score (nSPS) is 18.1. The Balaban J connectivity index is 1.46. The zero-order valence-corrected chi connectivity index (χ0v) is 16.9. The number of rotatable bonds is 4. The average molecular weight is 407 g/mol. The average Bonchev–Trinajstić information content (AvgIpc) is 3.40. The summed E-state index contributed by atoms with van der Waals surface area (Å²) in [6, 6.07) is 13.7. The van der Waals surface area contributed by atoms with Crippen molar-refractivity contribution >= 4 is 22.3 Å². The maximum absolute atomic E-state index is 13.0. The van der Waals surface area contributed by atoms with Gasteiger partial charge in [0.1, 0.15) is 11.3 Å². The number of fused-ring (bicyclic) bond motifs is 1. The molecule has 4 heterocycles. The smallest absolute Gasteiger partial charge is 0.197 e. The molecular formula is C23H22N2O3S. The third-order valence-corrected chi connectivity index (χ3v) is 6.51. The van der Waals surface area contributed by atoms with Crippen molar-refractivity contribution in [1.29, 1.82) is 0 Å². The topological polar surface area (TPSA) is 59.5 Å². The molecule has 0 aliphatic carbocycles. The quantitative estimate of drug-likeness (QED) is 0.440. The molecule has 3 aromatic heterocycles. The van der Waals surface area contributed by atoms with Crippen molar-refractivity contribution < 1.29 is 8.94 Å². The summed E-state index contributed by atoms with van der Waals surface area (Å²) in [4.78, 5) is 16.4. The van der Waals surface area contributed by atoms with Crippen molar-refractivity contribution in [2.24, 2.45) is 0 Å². The Kier molecular flexibility index (Phi) is 5.04. The molecule has 1 aliphatic heterocycles. The molecule has 6 heteroatoms. The second-order valence-electron chi connectivity index (χ2n) is 7.52. The van der Waals surface area contributed by atoms with Crippen LogP contribution in [0.2, 0.25) is 0 Å². The first-order chi connectivity index (χ1) is 14.3. The summed E-state index contributed by atoms with van der Waals surface area (Å²) < 4.78 is 11.4. The van der Waals surface area contributed by atoms with E-state index in [0.29, 0.717) is 23.1 Å². The maximum Gasteiger partial charge on any atom is 0.197 e. The SMILES string of the molecule is O=c1c(CN2CCCCC[C@@H]2c2cc(-c3cccs3)on2)coc2ccccc12. The van der Waals surface area contributed by atoms with Crippen LogP contribution in [-0.4, -0.2) is 16.6 Å². The minimum atomic E-state index is 0.0503. The molecule has 1 aliphatic rings. The van der Waals surface area contributed by atoms with E-state index in [2.05, 4.69) is 16.1 Å². The van der Waals surface area contributed by atoms with E-state index in [0.717, 1.165) is 42.1 Å². The minimum Gasteiger partial charge on any atom is -0.464 e. The zero-order valence-electron chi connectivity index (χ0n) is 16.0. The summed E-state index contributed by atoms with van der Waals surface area (Å²) in [6.07, 6.45) is 6.08. The lowest BCUT2D eigenvalue weighted by molar-refractivity contribution is 0.182. The third kappa shape index (κ3) is 3.66. The molecule has 5 rings (SSSR count). The first-order valence-electron chi connectivity index (χ1n) is 10.0. The predicted molar refractivity (Wildman–Crippen MR) is 114 cm³/mol. The second-order valence-corrected chi connectivity index (χ2v) is 8.46. The molecular weight excluding hydrogens is 384 g/mol. The van der Waals surface area contributed by atoms with E-state index < -0.39 is 0 Å². The van der Waals surface area contributed by atoms with Crippen LogP contribution in [0.4, 0.5) is 0 Å². The number of benzene rings is 1. The molecule has 1 atom stereocenters. The molecule has 29 heavy (non-hydrogen) atoms. The lowest BCUT2D eigenvalue weighted by Gasteiger charge is -2.28. The monoisotopic (exact) mass is 406 g/mol. The van der Waals surface area contributed by atoms with Crippen LogP contribution in [0.3, 0.4) is 0 Å². The van der Waals surface area contributed by atoms with Gasteiger partial charge in [-0.15, -0.1) is 11.3 Å². The Morgan fingerprint density at radius 1 is 1.14 bits per heavy atom. The van der Waals surface area contributed by atoms with Gasteiger partial charge in [-0.3, -0.25) is 9.69 Å². The molecule has 0 unspecified atom stereocenters. The Hall–Kier alpha value is -2.70. The lowest BCUT2D eigenvalue weighted by atomic mass is 10.1. The summed E-state index contributed by atoms with van der Waals surface area (Å²) in [5.74, 6) is 0.810. The highest BCUT2D eigenvalue weighted by Crippen LogP contribution is 2.34. The molecule has 4 aromatic rings. The van der Waals surface area contributed by atoms with Crippen molar-refractivity contribution in [1.82, 2.24) is 10.1 Å². The number of hydrogen-bond donors (Lipinski definition) is 0. The fraction of sp³-hybridized carbons (Fsp3) is 0.304. The van der Waals surface area contributed by atoms with E-state index in [-0.39, 0.29) is 11.5 Å². The zero-order chi connectivity index (χ0) is 19.6. The summed E-state index contributed by atoms with van der Waals surface area (Å²) in [5, 5.41) is 7.06. The van der Waals surface area contributed by atoms with Crippen LogP contribution in [0, 0.1) is 0 Å². The summed E-state index contributed by atoms with van der Waals surface area (Å²) in [5.41, 5.74) is 2.32. The van der Waals surface area contributed by atoms with E-state index in [1.54, 1.807) is 17.6 Å². The van der Waals surface area contributed by atoms with Crippen molar-refractivity contribution in [3.8, 4) is 10.6 Å². The molecule has 148 valence electrons. The molecule has 0 amide bonds. The van der Waals surface area contributed by atoms with Gasteiger partial charge in [-0.2, -0.15) is 0 Å². The number of likely N-dealkylation sites (tertiary alicyclic amines) is 1. The number of thiophene rings is 1. The largest absolute Gasteiger partial charge is 0.464 e. The van der Waals surface area contributed by atoms with Crippen LogP contribution in [0.1, 0.15) is 43.0 Å². The Morgan fingerprint density at radius 3 is 2.97 bits per heavy atom. The van der Waals surface area contributed by atoms with E-state index in [1.165, 1.54) is 6.42 Å². The molecule has 1 fully saturated rings. The number of nitrogens with zero attached hydrogens (tertiary/aromatic N) is 2. The van der Waals surface area contributed by atoms with Crippen LogP contribution < -0.4 is 5.43 Å². The van der Waals surface area contributed by atoms with Crippen LogP contribution in [0.15, 0.2) is 67.8 Å². The molecule has 0 N–H and O–H groups in total. The first kappa shape index (κ1) is 18.3. The summed E-state index contributed by atoms with van der Waals surface area (Å²) in [6.45, 7) is 1.48. The van der Waals surface area contributed by atoms with Gasteiger partial charge in [-0.25, -0.2) is 0 Å². The van der Waals surface area contributed by atoms with Crippen molar-refractivity contribution in [3.63, 3.8) is 0 Å². The molecule has 0 radical (unpaired) electrons. The van der Waals surface area contributed by atoms with Gasteiger partial charge in [-0.05, 0) is 43.0 Å². The highest BCUT2D eigenvalue weighted by molar-refractivity contribution is 7.13. The van der Waals surface area contributed by atoms with Gasteiger partial charge in [0.2, 0.25) is 0 Å². The van der Waals surface area contributed by atoms with Gasteiger partial charge in [0, 0.05) is 18.2 Å². The summed E-state index contributed by atoms with van der Waals surface area (Å²) >= 11 is 1.65. The van der Waals surface area contributed by atoms with Crippen LogP contribution in [0.5, 0.6) is 0 Å². The minimum absolute atomic E-state index is 0.0503. The van der Waals surface area contributed by atoms with Crippen LogP contribution in [-0.2, 0) is 6.54 Å². The fourth-order valence-corrected chi connectivity index (χ4v) is 4.79. The highest BCUT2D eigenvalue weighted by Gasteiger charge is 2.27. The molecule has 1 saturated heterocycles. The lowest BCUT2D eigenvalue weighted by Crippen LogP contribution is -2.30. The predicted octanol–water partition coefficient (Wildman–Crippen LogP) is 5.63. The van der Waals surface area contributed by atoms with Crippen molar-refractivity contribution in [3.05, 3.63) is 75.6 Å². The number of para-hydroxylation sites is 1. The number of hydrogen-bond acceptors (Lipinski definition) is 6. The molecule has 0 saturated carbocycles. The molecule has 5 nitrogen and oxygen atoms in total. The molecule has 1 aromatic carbocycles. The first-order valence-corrected chi connectivity index (χ1v) is 10.9. The van der Waals surface area contributed by atoms with Crippen molar-refractivity contribution in [2.45, 2.75) is 38.3 Å². The highest BCUT2D eigenvalue weighted by atomic mass is 32.1. The van der Waals surface area contributed by atoms with Gasteiger partial charge < -0.3 is 8.94 Å².